The number of aromatic nitrogens is 1. The first-order chi connectivity index (χ1) is 10.3. The molecule has 2 aromatic rings. The van der Waals surface area contributed by atoms with E-state index in [0.29, 0.717) is 0 Å². The molecule has 1 aromatic heterocycles. The third kappa shape index (κ3) is 4.86. The van der Waals surface area contributed by atoms with Crippen molar-refractivity contribution in [2.75, 3.05) is 0 Å². The molecule has 0 spiro atoms. The molecule has 0 radical (unpaired) electrons. The van der Waals surface area contributed by atoms with Crippen LogP contribution in [0.2, 0.25) is 0 Å². The number of hydrogen-bond acceptors (Lipinski definition) is 1. The van der Waals surface area contributed by atoms with Crippen LogP contribution in [0.15, 0.2) is 48.7 Å². The number of hydrogen-bond donors (Lipinski definition) is 0. The molecule has 0 fully saturated rings. The summed E-state index contributed by atoms with van der Waals surface area (Å²) in [7, 11) is 0. The molecule has 1 aromatic carbocycles. The minimum atomic E-state index is 1.05. The van der Waals surface area contributed by atoms with Gasteiger partial charge in [0.1, 0.15) is 0 Å². The van der Waals surface area contributed by atoms with Gasteiger partial charge < -0.3 is 0 Å². The van der Waals surface area contributed by atoms with Gasteiger partial charge in [-0.1, -0.05) is 69.2 Å². The molecule has 0 atom stereocenters. The van der Waals surface area contributed by atoms with Crippen molar-refractivity contribution < 1.29 is 0 Å². The highest BCUT2D eigenvalue weighted by atomic mass is 14.7. The summed E-state index contributed by atoms with van der Waals surface area (Å²) in [5.41, 5.74) is 4.83. The van der Waals surface area contributed by atoms with Crippen molar-refractivity contribution in [2.24, 2.45) is 0 Å². The quantitative estimate of drug-likeness (QED) is 0.614. The summed E-state index contributed by atoms with van der Waals surface area (Å²) < 4.78 is 0. The highest BCUT2D eigenvalue weighted by Gasteiger charge is 2.00. The van der Waals surface area contributed by atoms with Gasteiger partial charge in [-0.25, -0.2) is 0 Å². The lowest BCUT2D eigenvalue weighted by atomic mass is 10.1. The fourth-order valence-electron chi connectivity index (χ4n) is 2.28. The van der Waals surface area contributed by atoms with Crippen molar-refractivity contribution in [3.63, 3.8) is 0 Å². The van der Waals surface area contributed by atoms with Gasteiger partial charge >= 0.3 is 0 Å². The van der Waals surface area contributed by atoms with E-state index in [9.17, 15) is 0 Å². The molecule has 1 nitrogen and oxygen atoms in total. The Morgan fingerprint density at radius 1 is 0.952 bits per heavy atom. The molecule has 0 aliphatic heterocycles. The van der Waals surface area contributed by atoms with E-state index in [1.807, 2.05) is 6.20 Å². The molecule has 21 heavy (non-hydrogen) atoms. The summed E-state index contributed by atoms with van der Waals surface area (Å²) in [6.45, 7) is 4.42. The summed E-state index contributed by atoms with van der Waals surface area (Å²) in [5, 5.41) is 0. The van der Waals surface area contributed by atoms with Crippen LogP contribution in [-0.4, -0.2) is 4.98 Å². The molecule has 1 heterocycles. The van der Waals surface area contributed by atoms with E-state index in [-0.39, 0.29) is 0 Å². The standard InChI is InChI=1S/C20H25N/c1-3-5-7-9-17-10-13-19(14-11-17)20-15-12-18(16-21-20)8-6-4-2/h7,9-16H,3-6,8H2,1-2H3. The van der Waals surface area contributed by atoms with Gasteiger partial charge in [-0.2, -0.15) is 0 Å². The van der Waals surface area contributed by atoms with Gasteiger partial charge in [0.05, 0.1) is 5.69 Å². The Hall–Kier alpha value is -1.89. The number of nitrogens with zero attached hydrogens (tertiary/aromatic N) is 1. The molecule has 0 amide bonds. The Bertz CT molecular complexity index is 549. The average molecular weight is 279 g/mol. The van der Waals surface area contributed by atoms with Crippen molar-refractivity contribution in [1.29, 1.82) is 0 Å². The Morgan fingerprint density at radius 3 is 2.38 bits per heavy atom. The largest absolute Gasteiger partial charge is 0.256 e. The zero-order valence-electron chi connectivity index (χ0n) is 13.2. The predicted molar refractivity (Wildman–Crippen MR) is 92.2 cm³/mol. The highest BCUT2D eigenvalue weighted by Crippen LogP contribution is 2.19. The van der Waals surface area contributed by atoms with E-state index in [0.717, 1.165) is 18.5 Å². The number of benzene rings is 1. The second-order valence-electron chi connectivity index (χ2n) is 5.47. The van der Waals surface area contributed by atoms with Gasteiger partial charge in [0.15, 0.2) is 0 Å². The summed E-state index contributed by atoms with van der Waals surface area (Å²) >= 11 is 0. The zero-order valence-corrected chi connectivity index (χ0v) is 13.2. The van der Waals surface area contributed by atoms with Crippen LogP contribution < -0.4 is 0 Å². The molecule has 1 heteroatoms. The molecule has 0 aliphatic rings. The van der Waals surface area contributed by atoms with Crippen molar-refractivity contribution >= 4 is 6.08 Å². The van der Waals surface area contributed by atoms with Crippen LogP contribution in [0.4, 0.5) is 0 Å². The summed E-state index contributed by atoms with van der Waals surface area (Å²) in [4.78, 5) is 4.59. The maximum atomic E-state index is 4.59. The smallest absolute Gasteiger partial charge is 0.0702 e. The minimum absolute atomic E-state index is 1.05. The van der Waals surface area contributed by atoms with Gasteiger partial charge in [-0.3, -0.25) is 4.98 Å². The van der Waals surface area contributed by atoms with E-state index in [2.05, 4.69) is 67.4 Å². The van der Waals surface area contributed by atoms with Crippen LogP contribution in [0.25, 0.3) is 17.3 Å². The molecule has 0 unspecified atom stereocenters. The van der Waals surface area contributed by atoms with Crippen molar-refractivity contribution in [3.8, 4) is 11.3 Å². The van der Waals surface area contributed by atoms with E-state index in [4.69, 9.17) is 0 Å². The fourth-order valence-corrected chi connectivity index (χ4v) is 2.28. The lowest BCUT2D eigenvalue weighted by molar-refractivity contribution is 0.792. The normalized spacial score (nSPS) is 11.1. The van der Waals surface area contributed by atoms with Crippen LogP contribution >= 0.6 is 0 Å². The highest BCUT2D eigenvalue weighted by molar-refractivity contribution is 5.62. The minimum Gasteiger partial charge on any atom is -0.256 e. The molecule has 110 valence electrons. The summed E-state index contributed by atoms with van der Waals surface area (Å²) in [6, 6.07) is 13.0. The molecular weight excluding hydrogens is 254 g/mol. The number of pyridine rings is 1. The van der Waals surface area contributed by atoms with Gasteiger partial charge in [-0.15, -0.1) is 0 Å². The van der Waals surface area contributed by atoms with Crippen LogP contribution in [0.1, 0.15) is 50.7 Å². The Kier molecular flexibility index (Phi) is 6.21. The molecular formula is C20H25N. The monoisotopic (exact) mass is 279 g/mol. The third-order valence-corrected chi connectivity index (χ3v) is 3.62. The van der Waals surface area contributed by atoms with Crippen LogP contribution in [0, 0.1) is 0 Å². The Balaban J connectivity index is 2.04. The SMILES string of the molecule is CCCC=Cc1ccc(-c2ccc(CCCC)cn2)cc1. The first-order valence-corrected chi connectivity index (χ1v) is 8.05. The average Bonchev–Trinajstić information content (AvgIpc) is 2.54. The fraction of sp³-hybridized carbons (Fsp3) is 0.350. The first-order valence-electron chi connectivity index (χ1n) is 8.05. The second-order valence-corrected chi connectivity index (χ2v) is 5.47. The number of unbranched alkanes of at least 4 members (excludes halogenated alkanes) is 2. The molecule has 0 bridgehead atoms. The topological polar surface area (TPSA) is 12.9 Å². The Morgan fingerprint density at radius 2 is 1.76 bits per heavy atom. The zero-order chi connectivity index (χ0) is 14.9. The van der Waals surface area contributed by atoms with Gasteiger partial charge in [0, 0.05) is 11.8 Å². The lowest BCUT2D eigenvalue weighted by Crippen LogP contribution is -1.89. The molecule has 0 saturated heterocycles. The van der Waals surface area contributed by atoms with Crippen molar-refractivity contribution in [2.45, 2.75) is 46.0 Å². The molecule has 0 saturated carbocycles. The van der Waals surface area contributed by atoms with Crippen LogP contribution in [0.3, 0.4) is 0 Å². The number of rotatable bonds is 7. The molecule has 0 N–H and O–H groups in total. The van der Waals surface area contributed by atoms with Gasteiger partial charge in [0.25, 0.3) is 0 Å². The maximum absolute atomic E-state index is 4.59. The first kappa shape index (κ1) is 15.5. The lowest BCUT2D eigenvalue weighted by Gasteiger charge is -2.04. The van der Waals surface area contributed by atoms with Gasteiger partial charge in [-0.05, 0) is 36.5 Å². The number of allylic oxidation sites excluding steroid dienone is 1. The summed E-state index contributed by atoms with van der Waals surface area (Å²) in [5.74, 6) is 0. The van der Waals surface area contributed by atoms with Crippen molar-refractivity contribution in [3.05, 3.63) is 59.8 Å². The maximum Gasteiger partial charge on any atom is 0.0702 e. The van der Waals surface area contributed by atoms with E-state index < -0.39 is 0 Å². The van der Waals surface area contributed by atoms with E-state index in [1.165, 1.54) is 36.0 Å². The number of aryl methyl sites for hydroxylation is 1. The van der Waals surface area contributed by atoms with E-state index in [1.54, 1.807) is 0 Å². The summed E-state index contributed by atoms with van der Waals surface area (Å²) in [6.07, 6.45) is 12.4. The van der Waals surface area contributed by atoms with Crippen LogP contribution in [0.5, 0.6) is 0 Å². The second kappa shape index (κ2) is 8.41. The Labute approximate surface area is 128 Å². The van der Waals surface area contributed by atoms with E-state index >= 15 is 0 Å². The predicted octanol–water partition coefficient (Wildman–Crippen LogP) is 5.90. The molecule has 0 aliphatic carbocycles. The molecule has 2 rings (SSSR count). The van der Waals surface area contributed by atoms with Crippen LogP contribution in [-0.2, 0) is 6.42 Å². The third-order valence-electron chi connectivity index (χ3n) is 3.62. The van der Waals surface area contributed by atoms with Gasteiger partial charge in [0.2, 0.25) is 0 Å². The van der Waals surface area contributed by atoms with Crippen molar-refractivity contribution in [1.82, 2.24) is 4.98 Å².